The van der Waals surface area contributed by atoms with Crippen LogP contribution in [0.5, 0.6) is 5.75 Å². The SMILES string of the molecule is COc1c(C)cc(C)cc1-c1n[nH]c(CCN)c1C. The number of nitrogens with one attached hydrogen (secondary N) is 1. The van der Waals surface area contributed by atoms with Crippen LogP contribution in [0.2, 0.25) is 0 Å². The molecule has 102 valence electrons. The monoisotopic (exact) mass is 259 g/mol. The van der Waals surface area contributed by atoms with Crippen molar-refractivity contribution in [3.05, 3.63) is 34.5 Å². The molecule has 2 rings (SSSR count). The van der Waals surface area contributed by atoms with E-state index in [-0.39, 0.29) is 0 Å². The number of aromatic nitrogens is 2. The number of hydrogen-bond acceptors (Lipinski definition) is 3. The van der Waals surface area contributed by atoms with E-state index in [1.165, 1.54) is 5.56 Å². The van der Waals surface area contributed by atoms with Crippen LogP contribution in [0.25, 0.3) is 11.3 Å². The number of nitrogens with two attached hydrogens (primary N) is 1. The van der Waals surface area contributed by atoms with Crippen LogP contribution in [0.4, 0.5) is 0 Å². The van der Waals surface area contributed by atoms with Gasteiger partial charge in [-0.3, -0.25) is 5.10 Å². The molecular formula is C15H21N3O. The van der Waals surface area contributed by atoms with Gasteiger partial charge in [-0.05, 0) is 50.1 Å². The third kappa shape index (κ3) is 2.49. The molecule has 1 aromatic carbocycles. The Kier molecular flexibility index (Phi) is 3.90. The molecule has 4 nitrogen and oxygen atoms in total. The Morgan fingerprint density at radius 2 is 2.00 bits per heavy atom. The molecule has 0 bridgehead atoms. The zero-order chi connectivity index (χ0) is 14.0. The molecule has 0 amide bonds. The number of H-pyrrole nitrogens is 1. The van der Waals surface area contributed by atoms with E-state index in [2.05, 4.69) is 43.1 Å². The van der Waals surface area contributed by atoms with E-state index in [1.54, 1.807) is 7.11 Å². The number of rotatable bonds is 4. The molecule has 0 saturated heterocycles. The average Bonchev–Trinajstić information content (AvgIpc) is 2.71. The van der Waals surface area contributed by atoms with Gasteiger partial charge in [0.05, 0.1) is 12.8 Å². The van der Waals surface area contributed by atoms with E-state index >= 15 is 0 Å². The van der Waals surface area contributed by atoms with Crippen LogP contribution in [0, 0.1) is 20.8 Å². The maximum atomic E-state index is 5.61. The first-order valence-electron chi connectivity index (χ1n) is 6.48. The summed E-state index contributed by atoms with van der Waals surface area (Å²) in [6, 6.07) is 4.23. The number of aryl methyl sites for hydroxylation is 2. The minimum atomic E-state index is 0.618. The first kappa shape index (κ1) is 13.6. The summed E-state index contributed by atoms with van der Waals surface area (Å²) in [5.74, 6) is 0.888. The highest BCUT2D eigenvalue weighted by Gasteiger charge is 2.16. The van der Waals surface area contributed by atoms with Gasteiger partial charge in [0, 0.05) is 17.7 Å². The Balaban J connectivity index is 2.58. The fraction of sp³-hybridized carbons (Fsp3) is 0.400. The first-order valence-corrected chi connectivity index (χ1v) is 6.48. The van der Waals surface area contributed by atoms with Gasteiger partial charge in [0.15, 0.2) is 0 Å². The second-order valence-corrected chi connectivity index (χ2v) is 4.88. The van der Waals surface area contributed by atoms with Crippen LogP contribution in [0.3, 0.4) is 0 Å². The molecule has 0 atom stereocenters. The van der Waals surface area contributed by atoms with Gasteiger partial charge < -0.3 is 10.5 Å². The molecule has 0 saturated carbocycles. The Morgan fingerprint density at radius 3 is 2.63 bits per heavy atom. The predicted molar refractivity (Wildman–Crippen MR) is 77.5 cm³/mol. The topological polar surface area (TPSA) is 63.9 Å². The lowest BCUT2D eigenvalue weighted by Gasteiger charge is -2.12. The predicted octanol–water partition coefficient (Wildman–Crippen LogP) is 2.51. The quantitative estimate of drug-likeness (QED) is 0.886. The molecule has 0 unspecified atom stereocenters. The third-order valence-corrected chi connectivity index (χ3v) is 3.38. The summed E-state index contributed by atoms with van der Waals surface area (Å²) in [6.07, 6.45) is 0.811. The molecule has 0 radical (unpaired) electrons. The number of hydrogen-bond donors (Lipinski definition) is 2. The molecule has 4 heteroatoms. The van der Waals surface area contributed by atoms with Crippen LogP contribution >= 0.6 is 0 Å². The molecule has 2 aromatic rings. The molecule has 0 fully saturated rings. The van der Waals surface area contributed by atoms with Gasteiger partial charge in [-0.2, -0.15) is 5.10 Å². The van der Waals surface area contributed by atoms with Crippen molar-refractivity contribution in [3.8, 4) is 17.0 Å². The normalized spacial score (nSPS) is 10.8. The van der Waals surface area contributed by atoms with Gasteiger partial charge >= 0.3 is 0 Å². The summed E-state index contributed by atoms with van der Waals surface area (Å²) in [5, 5.41) is 7.51. The van der Waals surface area contributed by atoms with Crippen molar-refractivity contribution < 1.29 is 4.74 Å². The lowest BCUT2D eigenvalue weighted by molar-refractivity contribution is 0.413. The number of nitrogens with zero attached hydrogens (tertiary/aromatic N) is 1. The molecule has 1 heterocycles. The smallest absolute Gasteiger partial charge is 0.131 e. The van der Waals surface area contributed by atoms with E-state index < -0.39 is 0 Å². The minimum absolute atomic E-state index is 0.618. The molecule has 1 aromatic heterocycles. The van der Waals surface area contributed by atoms with Gasteiger partial charge in [-0.1, -0.05) is 6.07 Å². The van der Waals surface area contributed by atoms with Gasteiger partial charge in [0.1, 0.15) is 5.75 Å². The Hall–Kier alpha value is -1.81. The lowest BCUT2D eigenvalue weighted by atomic mass is 10.00. The van der Waals surface area contributed by atoms with Crippen molar-refractivity contribution in [2.75, 3.05) is 13.7 Å². The van der Waals surface area contributed by atoms with Crippen LogP contribution in [0.1, 0.15) is 22.4 Å². The van der Waals surface area contributed by atoms with Crippen LogP contribution in [0.15, 0.2) is 12.1 Å². The number of benzene rings is 1. The number of aromatic amines is 1. The van der Waals surface area contributed by atoms with Crippen molar-refractivity contribution in [1.82, 2.24) is 10.2 Å². The van der Waals surface area contributed by atoms with Crippen molar-refractivity contribution in [2.24, 2.45) is 5.73 Å². The van der Waals surface area contributed by atoms with Gasteiger partial charge in [0.25, 0.3) is 0 Å². The summed E-state index contributed by atoms with van der Waals surface area (Å²) in [7, 11) is 1.70. The average molecular weight is 259 g/mol. The van der Waals surface area contributed by atoms with Gasteiger partial charge in [-0.25, -0.2) is 0 Å². The summed E-state index contributed by atoms with van der Waals surface area (Å²) in [4.78, 5) is 0. The zero-order valence-electron chi connectivity index (χ0n) is 12.0. The number of ether oxygens (including phenoxy) is 1. The molecule has 0 aliphatic carbocycles. The maximum Gasteiger partial charge on any atom is 0.131 e. The molecule has 0 aliphatic heterocycles. The van der Waals surface area contributed by atoms with Crippen molar-refractivity contribution in [3.63, 3.8) is 0 Å². The maximum absolute atomic E-state index is 5.61. The zero-order valence-corrected chi connectivity index (χ0v) is 12.0. The lowest BCUT2D eigenvalue weighted by Crippen LogP contribution is -2.04. The third-order valence-electron chi connectivity index (χ3n) is 3.38. The van der Waals surface area contributed by atoms with E-state index in [0.29, 0.717) is 6.54 Å². The molecule has 3 N–H and O–H groups in total. The fourth-order valence-electron chi connectivity index (χ4n) is 2.49. The standard InChI is InChI=1S/C15H21N3O/c1-9-7-10(2)15(19-4)12(8-9)14-11(3)13(5-6-16)17-18-14/h7-8H,5-6,16H2,1-4H3,(H,17,18). The van der Waals surface area contributed by atoms with E-state index in [0.717, 1.165) is 40.2 Å². The van der Waals surface area contributed by atoms with Gasteiger partial charge in [-0.15, -0.1) is 0 Å². The highest BCUT2D eigenvalue weighted by atomic mass is 16.5. The Morgan fingerprint density at radius 1 is 1.26 bits per heavy atom. The molecule has 19 heavy (non-hydrogen) atoms. The largest absolute Gasteiger partial charge is 0.496 e. The summed E-state index contributed by atoms with van der Waals surface area (Å²) < 4.78 is 5.53. The van der Waals surface area contributed by atoms with Gasteiger partial charge in [0.2, 0.25) is 0 Å². The van der Waals surface area contributed by atoms with Crippen molar-refractivity contribution >= 4 is 0 Å². The first-order chi connectivity index (χ1) is 9.08. The highest BCUT2D eigenvalue weighted by molar-refractivity contribution is 5.73. The van der Waals surface area contributed by atoms with Crippen LogP contribution in [-0.4, -0.2) is 23.9 Å². The van der Waals surface area contributed by atoms with Crippen LogP contribution < -0.4 is 10.5 Å². The Labute approximate surface area is 114 Å². The summed E-state index contributed by atoms with van der Waals surface area (Å²) in [6.45, 7) is 6.82. The molecule has 0 spiro atoms. The number of methoxy groups -OCH3 is 1. The van der Waals surface area contributed by atoms with E-state index in [1.807, 2.05) is 0 Å². The highest BCUT2D eigenvalue weighted by Crippen LogP contribution is 2.35. The molecule has 0 aliphatic rings. The van der Waals surface area contributed by atoms with E-state index in [4.69, 9.17) is 10.5 Å². The fourth-order valence-corrected chi connectivity index (χ4v) is 2.49. The summed E-state index contributed by atoms with van der Waals surface area (Å²) in [5.41, 5.74) is 12.2. The second-order valence-electron chi connectivity index (χ2n) is 4.88. The van der Waals surface area contributed by atoms with Crippen LogP contribution in [-0.2, 0) is 6.42 Å². The Bertz CT molecular complexity index is 587. The molecular weight excluding hydrogens is 238 g/mol. The second kappa shape index (κ2) is 5.45. The summed E-state index contributed by atoms with van der Waals surface area (Å²) >= 11 is 0. The van der Waals surface area contributed by atoms with Crippen molar-refractivity contribution in [2.45, 2.75) is 27.2 Å². The van der Waals surface area contributed by atoms with E-state index in [9.17, 15) is 0 Å². The minimum Gasteiger partial charge on any atom is -0.496 e. The van der Waals surface area contributed by atoms with Crippen molar-refractivity contribution in [1.29, 1.82) is 0 Å².